The number of anilines is 2. The number of carbonyl (C=O) groups is 1. The van der Waals surface area contributed by atoms with Gasteiger partial charge in [-0.3, -0.25) is 9.78 Å². The zero-order valence-corrected chi connectivity index (χ0v) is 23.9. The molecular weight excluding hydrogens is 587 g/mol. The van der Waals surface area contributed by atoms with Gasteiger partial charge in [-0.25, -0.2) is 0 Å². The Hall–Kier alpha value is -5.16. The minimum atomic E-state index is -4.48. The lowest BCUT2D eigenvalue weighted by Gasteiger charge is -2.29. The molecule has 2 aromatic heterocycles. The van der Waals surface area contributed by atoms with E-state index in [1.807, 2.05) is 59.5 Å². The Morgan fingerprint density at radius 1 is 0.909 bits per heavy atom. The smallest absolute Gasteiger partial charge is 0.416 e. The van der Waals surface area contributed by atoms with Crippen molar-refractivity contribution in [1.82, 2.24) is 14.9 Å². The van der Waals surface area contributed by atoms with E-state index in [2.05, 4.69) is 15.6 Å². The number of halogens is 3. The van der Waals surface area contributed by atoms with Gasteiger partial charge >= 0.3 is 6.18 Å². The van der Waals surface area contributed by atoms with Gasteiger partial charge in [0, 0.05) is 35.1 Å². The molecule has 11 heteroatoms. The Kier molecular flexibility index (Phi) is 8.03. The summed E-state index contributed by atoms with van der Waals surface area (Å²) >= 11 is 5.81. The van der Waals surface area contributed by atoms with Crippen LogP contribution in [0.3, 0.4) is 0 Å². The van der Waals surface area contributed by atoms with Gasteiger partial charge in [-0.2, -0.15) is 13.2 Å². The van der Waals surface area contributed by atoms with Crippen LogP contribution in [-0.4, -0.2) is 27.2 Å². The van der Waals surface area contributed by atoms with Crippen LogP contribution in [0.4, 0.5) is 24.5 Å². The lowest BCUT2D eigenvalue weighted by atomic mass is 10.0. The molecule has 3 heterocycles. The molecule has 2 atom stereocenters. The first kappa shape index (κ1) is 28.9. The third-order valence-corrected chi connectivity index (χ3v) is 7.49. The van der Waals surface area contributed by atoms with Crippen LogP contribution in [0.25, 0.3) is 5.69 Å². The van der Waals surface area contributed by atoms with E-state index in [1.54, 1.807) is 53.4 Å². The van der Waals surface area contributed by atoms with Gasteiger partial charge in [0.15, 0.2) is 11.7 Å². The van der Waals surface area contributed by atoms with E-state index < -0.39 is 23.8 Å². The Labute approximate surface area is 256 Å². The van der Waals surface area contributed by atoms with Gasteiger partial charge < -0.3 is 24.8 Å². The molecule has 44 heavy (non-hydrogen) atoms. The van der Waals surface area contributed by atoms with Crippen molar-refractivity contribution in [2.24, 2.45) is 0 Å². The summed E-state index contributed by atoms with van der Waals surface area (Å²) in [4.78, 5) is 19.0. The maximum Gasteiger partial charge on any atom is 0.416 e. The highest BCUT2D eigenvalue weighted by Crippen LogP contribution is 2.42. The van der Waals surface area contributed by atoms with Crippen molar-refractivity contribution < 1.29 is 22.7 Å². The highest BCUT2D eigenvalue weighted by Gasteiger charge is 2.42. The van der Waals surface area contributed by atoms with Crippen molar-refractivity contribution >= 4 is 34.6 Å². The van der Waals surface area contributed by atoms with E-state index >= 15 is 0 Å². The molecule has 0 bridgehead atoms. The standard InChI is InChI=1S/C33H26F3N5O2S/c34-33(35,36)22-8-6-9-25(20-22)40-19-7-13-28(40)31-30(27-12-4-5-18-37-27)39-32(44)41(31)24-16-14-23(15-17-24)38-29(42)21-43-26-10-2-1-3-11-26/h1-20,30-31H,21H2,(H,38,42)(H,39,44)/t30-,31-/m0/s1. The number of aromatic nitrogens is 2. The Balaban J connectivity index is 1.30. The maximum atomic E-state index is 13.6. The lowest BCUT2D eigenvalue weighted by Crippen LogP contribution is -2.30. The monoisotopic (exact) mass is 613 g/mol. The Morgan fingerprint density at radius 2 is 1.68 bits per heavy atom. The molecule has 0 saturated carbocycles. The van der Waals surface area contributed by atoms with E-state index in [0.717, 1.165) is 23.5 Å². The van der Waals surface area contributed by atoms with Crippen molar-refractivity contribution in [1.29, 1.82) is 0 Å². The molecule has 222 valence electrons. The fourth-order valence-corrected chi connectivity index (χ4v) is 5.55. The third-order valence-electron chi connectivity index (χ3n) is 7.18. The minimum absolute atomic E-state index is 0.147. The Morgan fingerprint density at radius 3 is 2.41 bits per heavy atom. The molecule has 6 rings (SSSR count). The molecular formula is C33H26F3N5O2S. The highest BCUT2D eigenvalue weighted by molar-refractivity contribution is 7.80. The topological polar surface area (TPSA) is 71.4 Å². The van der Waals surface area contributed by atoms with Gasteiger partial charge in [-0.05, 0) is 91.1 Å². The van der Waals surface area contributed by atoms with E-state index in [-0.39, 0.29) is 12.5 Å². The van der Waals surface area contributed by atoms with Crippen molar-refractivity contribution in [3.05, 3.63) is 139 Å². The first-order valence-electron chi connectivity index (χ1n) is 13.7. The summed E-state index contributed by atoms with van der Waals surface area (Å²) in [6.07, 6.45) is -1.06. The first-order chi connectivity index (χ1) is 21.3. The highest BCUT2D eigenvalue weighted by atomic mass is 32.1. The molecule has 0 aliphatic carbocycles. The van der Waals surface area contributed by atoms with Crippen LogP contribution in [0.5, 0.6) is 5.75 Å². The molecule has 0 spiro atoms. The average molecular weight is 614 g/mol. The summed E-state index contributed by atoms with van der Waals surface area (Å²) in [6.45, 7) is -0.147. The predicted molar refractivity (Wildman–Crippen MR) is 166 cm³/mol. The fraction of sp³-hybridized carbons (Fsp3) is 0.121. The molecule has 1 amide bonds. The van der Waals surface area contributed by atoms with Gasteiger partial charge in [-0.1, -0.05) is 30.3 Å². The summed E-state index contributed by atoms with van der Waals surface area (Å²) in [5.74, 6) is 0.281. The second-order valence-corrected chi connectivity index (χ2v) is 10.4. The quantitative estimate of drug-likeness (QED) is 0.182. The summed E-state index contributed by atoms with van der Waals surface area (Å²) in [5, 5.41) is 6.62. The summed E-state index contributed by atoms with van der Waals surface area (Å²) in [6, 6.07) is 29.8. The first-order valence-corrected chi connectivity index (χ1v) is 14.1. The number of nitrogens with zero attached hydrogens (tertiary/aromatic N) is 3. The fourth-order valence-electron chi connectivity index (χ4n) is 5.20. The normalized spacial score (nSPS) is 16.4. The van der Waals surface area contributed by atoms with Crippen molar-refractivity contribution in [2.45, 2.75) is 18.3 Å². The molecule has 5 aromatic rings. The number of para-hydroxylation sites is 1. The summed E-state index contributed by atoms with van der Waals surface area (Å²) < 4.78 is 48.0. The number of amides is 1. The molecule has 1 saturated heterocycles. The van der Waals surface area contributed by atoms with Crippen LogP contribution in [0.2, 0.25) is 0 Å². The number of ether oxygens (including phenoxy) is 1. The second-order valence-electron chi connectivity index (χ2n) is 10.0. The molecule has 2 N–H and O–H groups in total. The maximum absolute atomic E-state index is 13.6. The van der Waals surface area contributed by atoms with Gasteiger partial charge in [0.25, 0.3) is 5.91 Å². The van der Waals surface area contributed by atoms with Gasteiger partial charge in [0.1, 0.15) is 11.8 Å². The van der Waals surface area contributed by atoms with Crippen LogP contribution in [0.15, 0.2) is 122 Å². The molecule has 0 radical (unpaired) electrons. The zero-order chi connectivity index (χ0) is 30.7. The zero-order valence-electron chi connectivity index (χ0n) is 23.1. The lowest BCUT2D eigenvalue weighted by molar-refractivity contribution is -0.137. The number of pyridine rings is 1. The summed E-state index contributed by atoms with van der Waals surface area (Å²) in [5.41, 5.74) is 2.36. The third kappa shape index (κ3) is 6.13. The predicted octanol–water partition coefficient (Wildman–Crippen LogP) is 7.09. The van der Waals surface area contributed by atoms with Gasteiger partial charge in [0.2, 0.25) is 0 Å². The number of alkyl halides is 3. The number of carbonyl (C=O) groups excluding carboxylic acids is 1. The van der Waals surface area contributed by atoms with Crippen molar-refractivity contribution in [2.75, 3.05) is 16.8 Å². The van der Waals surface area contributed by atoms with Gasteiger partial charge in [0.05, 0.1) is 17.3 Å². The largest absolute Gasteiger partial charge is 0.484 e. The Bertz CT molecular complexity index is 1760. The molecule has 1 aliphatic heterocycles. The van der Waals surface area contributed by atoms with Crippen LogP contribution in [0, 0.1) is 0 Å². The van der Waals surface area contributed by atoms with E-state index in [4.69, 9.17) is 17.0 Å². The molecule has 1 aliphatic rings. The number of thiocarbonyl (C=S) groups is 1. The average Bonchev–Trinajstić information content (AvgIpc) is 3.65. The summed E-state index contributed by atoms with van der Waals surface area (Å²) in [7, 11) is 0. The van der Waals surface area contributed by atoms with Crippen molar-refractivity contribution in [3.63, 3.8) is 0 Å². The number of rotatable bonds is 8. The van der Waals surface area contributed by atoms with Crippen LogP contribution in [-0.2, 0) is 11.0 Å². The number of benzene rings is 3. The minimum Gasteiger partial charge on any atom is -0.484 e. The number of hydrogen-bond acceptors (Lipinski definition) is 4. The van der Waals surface area contributed by atoms with E-state index in [1.165, 1.54) is 6.07 Å². The van der Waals surface area contributed by atoms with Gasteiger partial charge in [-0.15, -0.1) is 0 Å². The molecule has 0 unspecified atom stereocenters. The number of nitrogens with one attached hydrogen (secondary N) is 2. The number of hydrogen-bond donors (Lipinski definition) is 2. The van der Waals surface area contributed by atoms with E-state index in [0.29, 0.717) is 27.9 Å². The molecule has 7 nitrogen and oxygen atoms in total. The van der Waals surface area contributed by atoms with E-state index in [9.17, 15) is 18.0 Å². The second kappa shape index (κ2) is 12.2. The molecule has 1 fully saturated rings. The molecule has 3 aromatic carbocycles. The SMILES string of the molecule is O=C(COc1ccccc1)Nc1ccc(N2C(=S)N[C@@H](c3ccccn3)[C@@H]2c2cccn2-c2cccc(C(F)(F)F)c2)cc1. The van der Waals surface area contributed by atoms with Crippen LogP contribution < -0.4 is 20.3 Å². The van der Waals surface area contributed by atoms with Crippen molar-refractivity contribution in [3.8, 4) is 11.4 Å². The van der Waals surface area contributed by atoms with Crippen LogP contribution in [0.1, 0.15) is 29.0 Å². The van der Waals surface area contributed by atoms with Crippen LogP contribution >= 0.6 is 12.2 Å².